The van der Waals surface area contributed by atoms with E-state index in [0.29, 0.717) is 25.6 Å². The Morgan fingerprint density at radius 3 is 2.65 bits per heavy atom. The van der Waals surface area contributed by atoms with Gasteiger partial charge in [0, 0.05) is 19.3 Å². The number of hydrogen-bond donors (Lipinski definition) is 3. The van der Waals surface area contributed by atoms with Gasteiger partial charge in [0.05, 0.1) is 17.8 Å². The van der Waals surface area contributed by atoms with Crippen LogP contribution in [0, 0.1) is 0 Å². The molecule has 0 saturated heterocycles. The number of carbonyl (C=O) groups is 1. The summed E-state index contributed by atoms with van der Waals surface area (Å²) in [5.41, 5.74) is 4.17. The topological polar surface area (TPSA) is 88.2 Å². The number of rotatable bonds is 7. The van der Waals surface area contributed by atoms with Crippen LogP contribution in [0.3, 0.4) is 0 Å². The number of ketones is 1. The van der Waals surface area contributed by atoms with E-state index in [0.717, 1.165) is 6.07 Å². The van der Waals surface area contributed by atoms with E-state index in [-0.39, 0.29) is 24.5 Å². The molecular weight excluding hydrogens is 275 g/mol. The Morgan fingerprint density at radius 1 is 1.40 bits per heavy atom. The molecule has 8 heteroatoms. The molecule has 0 aliphatic rings. The summed E-state index contributed by atoms with van der Waals surface area (Å²) in [7, 11) is 0. The monoisotopic (exact) mass is 291 g/mol. The number of anilines is 1. The Labute approximate surface area is 114 Å². The van der Waals surface area contributed by atoms with Crippen molar-refractivity contribution in [3.8, 4) is 0 Å². The van der Waals surface area contributed by atoms with E-state index in [1.165, 1.54) is 0 Å². The van der Waals surface area contributed by atoms with E-state index in [9.17, 15) is 18.0 Å². The molecule has 1 aromatic rings. The van der Waals surface area contributed by atoms with Crippen molar-refractivity contribution in [1.82, 2.24) is 4.98 Å². The number of carbonyl (C=O) groups excluding carboxylic acids is 1. The molecule has 0 radical (unpaired) electrons. The van der Waals surface area contributed by atoms with E-state index in [4.69, 9.17) is 10.8 Å². The molecule has 0 unspecified atom stereocenters. The number of pyridine rings is 1. The van der Waals surface area contributed by atoms with Crippen LogP contribution in [0.5, 0.6) is 0 Å². The average molecular weight is 291 g/mol. The summed E-state index contributed by atoms with van der Waals surface area (Å²) >= 11 is 0. The number of nitrogens with zero attached hydrogens (tertiary/aromatic N) is 1. The van der Waals surface area contributed by atoms with Gasteiger partial charge in [-0.15, -0.1) is 0 Å². The lowest BCUT2D eigenvalue weighted by Gasteiger charge is -2.13. The van der Waals surface area contributed by atoms with Gasteiger partial charge in [0.2, 0.25) is 0 Å². The molecule has 0 aromatic carbocycles. The first-order valence-electron chi connectivity index (χ1n) is 6.05. The fraction of sp³-hybridized carbons (Fsp3) is 0.500. The standard InChI is InChI=1S/C12H16F3N3O2/c13-12(14,15)8-5-9(17-3-1-2-4-19)11(18-7-8)10(20)6-16/h5,7,17,19H,1-4,6,16H2. The van der Waals surface area contributed by atoms with E-state index in [1.54, 1.807) is 0 Å². The first-order valence-corrected chi connectivity index (χ1v) is 6.05. The molecular formula is C12H16F3N3O2. The second-order valence-electron chi connectivity index (χ2n) is 4.10. The van der Waals surface area contributed by atoms with Crippen molar-refractivity contribution in [3.63, 3.8) is 0 Å². The summed E-state index contributed by atoms with van der Waals surface area (Å²) in [6.45, 7) is -0.00477. The Balaban J connectivity index is 2.97. The number of aliphatic hydroxyl groups is 1. The summed E-state index contributed by atoms with van der Waals surface area (Å²) in [6, 6.07) is 0.842. The van der Waals surface area contributed by atoms with Gasteiger partial charge in [-0.25, -0.2) is 0 Å². The van der Waals surface area contributed by atoms with Gasteiger partial charge in [-0.2, -0.15) is 13.2 Å². The lowest BCUT2D eigenvalue weighted by Crippen LogP contribution is -2.19. The molecule has 0 fully saturated rings. The van der Waals surface area contributed by atoms with Crippen molar-refractivity contribution in [1.29, 1.82) is 0 Å². The number of halogens is 3. The molecule has 1 aromatic heterocycles. The normalized spacial score (nSPS) is 11.4. The number of nitrogens with one attached hydrogen (secondary N) is 1. The summed E-state index contributed by atoms with van der Waals surface area (Å²) in [5.74, 6) is -0.539. The smallest absolute Gasteiger partial charge is 0.396 e. The average Bonchev–Trinajstić information content (AvgIpc) is 2.41. The number of aromatic nitrogens is 1. The molecule has 0 aliphatic carbocycles. The second kappa shape index (κ2) is 7.20. The molecule has 0 atom stereocenters. The van der Waals surface area contributed by atoms with Crippen LogP contribution in [0.2, 0.25) is 0 Å². The Kier molecular flexibility index (Phi) is 5.90. The fourth-order valence-electron chi connectivity index (χ4n) is 1.53. The Hall–Kier alpha value is -1.67. The highest BCUT2D eigenvalue weighted by Crippen LogP contribution is 2.31. The van der Waals surface area contributed by atoms with Crippen LogP contribution in [0.1, 0.15) is 28.9 Å². The molecule has 5 nitrogen and oxygen atoms in total. The highest BCUT2D eigenvalue weighted by atomic mass is 19.4. The van der Waals surface area contributed by atoms with Crippen LogP contribution in [0.15, 0.2) is 12.3 Å². The van der Waals surface area contributed by atoms with Gasteiger partial charge < -0.3 is 16.2 Å². The van der Waals surface area contributed by atoms with E-state index in [2.05, 4.69) is 10.3 Å². The maximum atomic E-state index is 12.6. The summed E-state index contributed by atoms with van der Waals surface area (Å²) in [4.78, 5) is 15.1. The van der Waals surface area contributed by atoms with E-state index >= 15 is 0 Å². The van der Waals surface area contributed by atoms with Crippen LogP contribution in [-0.4, -0.2) is 35.6 Å². The molecule has 20 heavy (non-hydrogen) atoms. The first kappa shape index (κ1) is 16.4. The number of alkyl halides is 3. The maximum absolute atomic E-state index is 12.6. The summed E-state index contributed by atoms with van der Waals surface area (Å²) in [5, 5.41) is 11.4. The summed E-state index contributed by atoms with van der Waals surface area (Å²) in [6.07, 6.45) is -2.84. The molecule has 0 saturated carbocycles. The molecule has 0 amide bonds. The number of hydrogen-bond acceptors (Lipinski definition) is 5. The molecule has 112 valence electrons. The van der Waals surface area contributed by atoms with Crippen molar-refractivity contribution in [2.75, 3.05) is 25.0 Å². The number of unbranched alkanes of at least 4 members (excludes halogenated alkanes) is 1. The molecule has 0 bridgehead atoms. The largest absolute Gasteiger partial charge is 0.417 e. The first-order chi connectivity index (χ1) is 9.40. The lowest BCUT2D eigenvalue weighted by molar-refractivity contribution is -0.137. The minimum Gasteiger partial charge on any atom is -0.396 e. The van der Waals surface area contributed by atoms with Crippen molar-refractivity contribution in [2.45, 2.75) is 19.0 Å². The minimum absolute atomic E-state index is 0.00287. The Bertz CT molecular complexity index is 464. The SMILES string of the molecule is NCC(=O)c1ncc(C(F)(F)F)cc1NCCCCO. The lowest BCUT2D eigenvalue weighted by atomic mass is 10.1. The molecule has 0 spiro atoms. The van der Waals surface area contributed by atoms with Gasteiger partial charge in [-0.1, -0.05) is 0 Å². The Morgan fingerprint density at radius 2 is 2.10 bits per heavy atom. The molecule has 4 N–H and O–H groups in total. The van der Waals surface area contributed by atoms with E-state index < -0.39 is 17.5 Å². The molecule has 1 rings (SSSR count). The third kappa shape index (κ3) is 4.46. The van der Waals surface area contributed by atoms with Crippen LogP contribution in [0.4, 0.5) is 18.9 Å². The molecule has 1 heterocycles. The minimum atomic E-state index is -4.53. The summed E-state index contributed by atoms with van der Waals surface area (Å²) < 4.78 is 37.8. The number of aliphatic hydroxyl groups excluding tert-OH is 1. The maximum Gasteiger partial charge on any atom is 0.417 e. The van der Waals surface area contributed by atoms with Crippen molar-refractivity contribution in [2.24, 2.45) is 5.73 Å². The predicted octanol–water partition coefficient (Wildman–Crippen LogP) is 1.43. The fourth-order valence-corrected chi connectivity index (χ4v) is 1.53. The van der Waals surface area contributed by atoms with Crippen LogP contribution < -0.4 is 11.1 Å². The van der Waals surface area contributed by atoms with Crippen LogP contribution >= 0.6 is 0 Å². The van der Waals surface area contributed by atoms with Gasteiger partial charge in [0.25, 0.3) is 0 Å². The second-order valence-corrected chi connectivity index (χ2v) is 4.10. The zero-order valence-electron chi connectivity index (χ0n) is 10.7. The van der Waals surface area contributed by atoms with Crippen molar-refractivity contribution < 1.29 is 23.1 Å². The van der Waals surface area contributed by atoms with Gasteiger partial charge in [-0.3, -0.25) is 9.78 Å². The quantitative estimate of drug-likeness (QED) is 0.522. The van der Waals surface area contributed by atoms with Gasteiger partial charge in [0.1, 0.15) is 5.69 Å². The zero-order chi connectivity index (χ0) is 15.2. The van der Waals surface area contributed by atoms with Crippen LogP contribution in [0.25, 0.3) is 0 Å². The highest BCUT2D eigenvalue weighted by Gasteiger charge is 2.32. The van der Waals surface area contributed by atoms with Crippen molar-refractivity contribution in [3.05, 3.63) is 23.5 Å². The zero-order valence-corrected chi connectivity index (χ0v) is 10.7. The van der Waals surface area contributed by atoms with E-state index in [1.807, 2.05) is 0 Å². The third-order valence-corrected chi connectivity index (χ3v) is 2.56. The van der Waals surface area contributed by atoms with Crippen molar-refractivity contribution >= 4 is 11.5 Å². The number of Topliss-reactive ketones (excluding diaryl/α,β-unsaturated/α-hetero) is 1. The molecule has 0 aliphatic heterocycles. The van der Waals surface area contributed by atoms with Gasteiger partial charge in [-0.05, 0) is 18.9 Å². The van der Waals surface area contributed by atoms with Gasteiger partial charge >= 0.3 is 6.18 Å². The highest BCUT2D eigenvalue weighted by molar-refractivity contribution is 6.00. The van der Waals surface area contributed by atoms with Gasteiger partial charge in [0.15, 0.2) is 5.78 Å². The number of nitrogens with two attached hydrogens (primary N) is 1. The predicted molar refractivity (Wildman–Crippen MR) is 67.4 cm³/mol. The third-order valence-electron chi connectivity index (χ3n) is 2.56. The van der Waals surface area contributed by atoms with Crippen LogP contribution in [-0.2, 0) is 6.18 Å².